The number of alkyl halides is 1. The number of hydrogen-bond acceptors (Lipinski definition) is 4. The van der Waals surface area contributed by atoms with E-state index in [9.17, 15) is 9.59 Å². The van der Waals surface area contributed by atoms with Gasteiger partial charge in [-0.3, -0.25) is 4.79 Å². The van der Waals surface area contributed by atoms with Gasteiger partial charge in [0.2, 0.25) is 0 Å². The zero-order valence-electron chi connectivity index (χ0n) is 25.8. The number of benzene rings is 2. The van der Waals surface area contributed by atoms with Crippen LogP contribution >= 0.6 is 11.6 Å². The Morgan fingerprint density at radius 3 is 1.56 bits per heavy atom. The molecule has 1 unspecified atom stereocenters. The van der Waals surface area contributed by atoms with Crippen molar-refractivity contribution >= 4 is 23.5 Å². The van der Waals surface area contributed by atoms with E-state index in [-0.39, 0.29) is 29.8 Å². The Morgan fingerprint density at radius 1 is 0.659 bits per heavy atom. The highest BCUT2D eigenvalue weighted by molar-refractivity contribution is 6.21. The summed E-state index contributed by atoms with van der Waals surface area (Å²) in [6, 6.07) is 14.7. The van der Waals surface area contributed by atoms with Crippen LogP contribution in [-0.2, 0) is 9.53 Å². The summed E-state index contributed by atoms with van der Waals surface area (Å²) in [7, 11) is 0. The number of carbonyl (C=O) groups excluding carboxylic acids is 2. The average molecular weight is 585 g/mol. The van der Waals surface area contributed by atoms with Crippen LogP contribution in [0, 0.1) is 5.92 Å². The minimum Gasteiger partial charge on any atom is -0.461 e. The maximum absolute atomic E-state index is 12.3. The minimum absolute atomic E-state index is 0.174. The molecule has 0 saturated carbocycles. The van der Waals surface area contributed by atoms with Gasteiger partial charge >= 0.3 is 11.9 Å². The predicted octanol–water partition coefficient (Wildman–Crippen LogP) is 10.9. The highest BCUT2D eigenvalue weighted by Crippen LogP contribution is 2.24. The topological polar surface area (TPSA) is 52.6 Å². The molecule has 0 spiro atoms. The average Bonchev–Trinajstić information content (AvgIpc) is 2.98. The fourth-order valence-electron chi connectivity index (χ4n) is 4.77. The molecule has 0 bridgehead atoms. The predicted molar refractivity (Wildman–Crippen MR) is 172 cm³/mol. The van der Waals surface area contributed by atoms with Crippen molar-refractivity contribution < 1.29 is 19.1 Å². The second kappa shape index (κ2) is 21.4. The number of unbranched alkanes of at least 4 members (excludes halogenated alkanes) is 14. The summed E-state index contributed by atoms with van der Waals surface area (Å²) in [6.07, 6.45) is 20.1. The highest BCUT2D eigenvalue weighted by atomic mass is 35.5. The molecule has 2 aromatic rings. The molecule has 2 aromatic carbocycles. The lowest BCUT2D eigenvalue weighted by atomic mass is 10.0. The van der Waals surface area contributed by atoms with Crippen LogP contribution in [0.2, 0.25) is 0 Å². The van der Waals surface area contributed by atoms with Gasteiger partial charge in [-0.05, 0) is 47.7 Å². The van der Waals surface area contributed by atoms with Gasteiger partial charge in [0.1, 0.15) is 12.4 Å². The second-order valence-corrected chi connectivity index (χ2v) is 12.2. The van der Waals surface area contributed by atoms with E-state index in [1.165, 1.54) is 83.5 Å². The SMILES string of the molecule is CCCCCCCCCCCCCCCCCC(=O)Oc1ccc(-c2ccc(C(=O)OCC(Cl)C(C)C)cc2)cc1. The van der Waals surface area contributed by atoms with Crippen molar-refractivity contribution in [2.75, 3.05) is 6.61 Å². The summed E-state index contributed by atoms with van der Waals surface area (Å²) >= 11 is 6.17. The third kappa shape index (κ3) is 15.5. The molecule has 0 aliphatic rings. The Hall–Kier alpha value is -2.33. The van der Waals surface area contributed by atoms with Crippen molar-refractivity contribution in [3.8, 4) is 16.9 Å². The van der Waals surface area contributed by atoms with Gasteiger partial charge in [0, 0.05) is 6.42 Å². The molecule has 0 aliphatic heterocycles. The molecule has 4 nitrogen and oxygen atoms in total. The molecule has 0 radical (unpaired) electrons. The highest BCUT2D eigenvalue weighted by Gasteiger charge is 2.14. The van der Waals surface area contributed by atoms with E-state index in [0.717, 1.165) is 24.0 Å². The van der Waals surface area contributed by atoms with Gasteiger partial charge in [0.05, 0.1) is 10.9 Å². The maximum atomic E-state index is 12.3. The quantitative estimate of drug-likeness (QED) is 0.0597. The van der Waals surface area contributed by atoms with Crippen LogP contribution in [0.3, 0.4) is 0 Å². The lowest BCUT2D eigenvalue weighted by Crippen LogP contribution is -2.18. The van der Waals surface area contributed by atoms with Crippen molar-refractivity contribution in [2.24, 2.45) is 5.92 Å². The zero-order valence-corrected chi connectivity index (χ0v) is 26.6. The van der Waals surface area contributed by atoms with Crippen molar-refractivity contribution in [3.05, 3.63) is 54.1 Å². The van der Waals surface area contributed by atoms with E-state index in [4.69, 9.17) is 21.1 Å². The van der Waals surface area contributed by atoms with Crippen LogP contribution in [0.25, 0.3) is 11.1 Å². The van der Waals surface area contributed by atoms with Gasteiger partial charge in [-0.2, -0.15) is 0 Å². The summed E-state index contributed by atoms with van der Waals surface area (Å²) in [4.78, 5) is 24.5. The third-order valence-corrected chi connectivity index (χ3v) is 8.25. The molecule has 0 N–H and O–H groups in total. The molecule has 0 amide bonds. The Balaban J connectivity index is 1.55. The molecule has 0 aliphatic carbocycles. The number of carbonyl (C=O) groups is 2. The molecule has 5 heteroatoms. The number of esters is 2. The standard InChI is InChI=1S/C36H53ClO4/c1-4-5-6-7-8-9-10-11-12-13-14-15-16-17-18-19-35(38)41-33-26-24-31(25-27-33)30-20-22-32(23-21-30)36(39)40-28-34(37)29(2)3/h20-27,29,34H,4-19,28H2,1-3H3. The van der Waals surface area contributed by atoms with Crippen molar-refractivity contribution in [2.45, 2.75) is 129 Å². The lowest BCUT2D eigenvalue weighted by molar-refractivity contribution is -0.134. The van der Waals surface area contributed by atoms with Gasteiger partial charge in [-0.1, -0.05) is 135 Å². The maximum Gasteiger partial charge on any atom is 0.338 e. The zero-order chi connectivity index (χ0) is 29.7. The van der Waals surface area contributed by atoms with Gasteiger partial charge in [0.15, 0.2) is 0 Å². The van der Waals surface area contributed by atoms with Gasteiger partial charge < -0.3 is 9.47 Å². The molecule has 0 saturated heterocycles. The fourth-order valence-corrected chi connectivity index (χ4v) is 4.83. The number of ether oxygens (including phenoxy) is 2. The van der Waals surface area contributed by atoms with E-state index < -0.39 is 0 Å². The molecule has 1 atom stereocenters. The van der Waals surface area contributed by atoms with E-state index in [1.807, 2.05) is 50.2 Å². The van der Waals surface area contributed by atoms with Crippen LogP contribution in [0.4, 0.5) is 0 Å². The first-order valence-electron chi connectivity index (χ1n) is 16.1. The number of halogens is 1. The fraction of sp³-hybridized carbons (Fsp3) is 0.611. The Bertz CT molecular complexity index is 968. The third-order valence-electron chi connectivity index (χ3n) is 7.62. The van der Waals surface area contributed by atoms with Crippen molar-refractivity contribution in [1.29, 1.82) is 0 Å². The molecule has 41 heavy (non-hydrogen) atoms. The summed E-state index contributed by atoms with van der Waals surface area (Å²) in [5.74, 6) is 0.245. The number of rotatable bonds is 22. The van der Waals surface area contributed by atoms with E-state index in [0.29, 0.717) is 17.7 Å². The Labute approximate surface area is 254 Å². The summed E-state index contributed by atoms with van der Waals surface area (Å²) in [6.45, 7) is 6.45. The smallest absolute Gasteiger partial charge is 0.338 e. The van der Waals surface area contributed by atoms with Crippen molar-refractivity contribution in [1.82, 2.24) is 0 Å². The second-order valence-electron chi connectivity index (χ2n) is 11.6. The summed E-state index contributed by atoms with van der Waals surface area (Å²) < 4.78 is 10.8. The molecule has 0 fully saturated rings. The first-order chi connectivity index (χ1) is 19.9. The Morgan fingerprint density at radius 2 is 1.10 bits per heavy atom. The van der Waals surface area contributed by atoms with Crippen LogP contribution in [0.5, 0.6) is 5.75 Å². The number of hydrogen-bond donors (Lipinski definition) is 0. The molecule has 2 rings (SSSR count). The first kappa shape index (κ1) is 34.9. The van der Waals surface area contributed by atoms with Crippen LogP contribution < -0.4 is 4.74 Å². The summed E-state index contributed by atoms with van der Waals surface area (Å²) in [5.41, 5.74) is 2.44. The van der Waals surface area contributed by atoms with E-state index >= 15 is 0 Å². The van der Waals surface area contributed by atoms with Gasteiger partial charge in [0.25, 0.3) is 0 Å². The lowest BCUT2D eigenvalue weighted by Gasteiger charge is -2.13. The van der Waals surface area contributed by atoms with Crippen LogP contribution in [-0.4, -0.2) is 23.9 Å². The Kier molecular flexibility index (Phi) is 18.2. The van der Waals surface area contributed by atoms with Gasteiger partial charge in [-0.15, -0.1) is 11.6 Å². The molecule has 0 aromatic heterocycles. The monoisotopic (exact) mass is 584 g/mol. The summed E-state index contributed by atoms with van der Waals surface area (Å²) in [5, 5.41) is -0.199. The van der Waals surface area contributed by atoms with Gasteiger partial charge in [-0.25, -0.2) is 4.79 Å². The largest absolute Gasteiger partial charge is 0.461 e. The minimum atomic E-state index is -0.376. The van der Waals surface area contributed by atoms with Crippen molar-refractivity contribution in [3.63, 3.8) is 0 Å². The van der Waals surface area contributed by atoms with E-state index in [2.05, 4.69) is 6.92 Å². The van der Waals surface area contributed by atoms with Crippen LogP contribution in [0.15, 0.2) is 48.5 Å². The first-order valence-corrected chi connectivity index (χ1v) is 16.6. The molecular weight excluding hydrogens is 532 g/mol. The molecule has 228 valence electrons. The normalized spacial score (nSPS) is 11.9. The molecule has 0 heterocycles. The molecular formula is C36H53ClO4. The van der Waals surface area contributed by atoms with Crippen LogP contribution in [0.1, 0.15) is 134 Å². The van der Waals surface area contributed by atoms with E-state index in [1.54, 1.807) is 12.1 Å².